The maximum absolute atomic E-state index is 12.3. The number of sulfonamides is 1. The molecule has 0 unspecified atom stereocenters. The Bertz CT molecular complexity index is 1140. The second-order valence-corrected chi connectivity index (χ2v) is 10.1. The number of halogens is 2. The number of carbonyl (C=O) groups excluding carboxylic acids is 1. The summed E-state index contributed by atoms with van der Waals surface area (Å²) >= 11 is 15.0. The number of thiophene rings is 1. The van der Waals surface area contributed by atoms with E-state index < -0.39 is 10.0 Å². The van der Waals surface area contributed by atoms with E-state index in [2.05, 4.69) is 22.2 Å². The predicted octanol–water partition coefficient (Wildman–Crippen LogP) is 3.94. The number of thioether (sulfide) groups is 1. The van der Waals surface area contributed by atoms with Crippen molar-refractivity contribution in [3.63, 3.8) is 0 Å². The molecule has 0 bridgehead atoms. The highest BCUT2D eigenvalue weighted by molar-refractivity contribution is 8.00. The molecule has 28 heavy (non-hydrogen) atoms. The van der Waals surface area contributed by atoms with Gasteiger partial charge in [0.05, 0.1) is 26.4 Å². The van der Waals surface area contributed by atoms with Crippen LogP contribution in [0.5, 0.6) is 0 Å². The lowest BCUT2D eigenvalue weighted by molar-refractivity contribution is -0.113. The Hall–Kier alpha value is -1.43. The quantitative estimate of drug-likeness (QED) is 0.411. The van der Waals surface area contributed by atoms with Gasteiger partial charge in [0, 0.05) is 10.3 Å². The van der Waals surface area contributed by atoms with Crippen LogP contribution in [0.15, 0.2) is 34.4 Å². The predicted molar refractivity (Wildman–Crippen MR) is 114 cm³/mol. The molecule has 1 aromatic carbocycles. The van der Waals surface area contributed by atoms with E-state index in [0.717, 1.165) is 28.8 Å². The van der Waals surface area contributed by atoms with Crippen molar-refractivity contribution in [2.75, 3.05) is 11.1 Å². The van der Waals surface area contributed by atoms with E-state index >= 15 is 0 Å². The van der Waals surface area contributed by atoms with Gasteiger partial charge >= 0.3 is 0 Å². The number of nitrogens with one attached hydrogen (secondary N) is 1. The number of hydrogen-bond acceptors (Lipinski definition) is 7. The van der Waals surface area contributed by atoms with Gasteiger partial charge in [-0.05, 0) is 24.6 Å². The number of aromatic nitrogens is 2. The number of fused-ring (bicyclic) bond motifs is 1. The third-order valence-electron chi connectivity index (χ3n) is 3.64. The van der Waals surface area contributed by atoms with Crippen LogP contribution in [-0.2, 0) is 21.2 Å². The van der Waals surface area contributed by atoms with E-state index in [1.54, 1.807) is 11.3 Å². The molecule has 12 heteroatoms. The Morgan fingerprint density at radius 1 is 1.25 bits per heavy atom. The van der Waals surface area contributed by atoms with E-state index in [4.69, 9.17) is 28.3 Å². The zero-order valence-electron chi connectivity index (χ0n) is 14.4. The number of anilines is 1. The van der Waals surface area contributed by atoms with Crippen molar-refractivity contribution in [3.05, 3.63) is 39.4 Å². The molecule has 0 atom stereocenters. The SMILES string of the molecule is CCc1cc2c(SCC(=O)Nc3c(Cl)cc(S(N)(=O)=O)cc3Cl)ncnc2s1. The first-order valence-corrected chi connectivity index (χ1v) is 12.0. The van der Waals surface area contributed by atoms with E-state index in [9.17, 15) is 13.2 Å². The van der Waals surface area contributed by atoms with Gasteiger partial charge in [0.2, 0.25) is 15.9 Å². The van der Waals surface area contributed by atoms with Gasteiger partial charge in [0.25, 0.3) is 0 Å². The number of amides is 1. The lowest BCUT2D eigenvalue weighted by atomic mass is 10.3. The summed E-state index contributed by atoms with van der Waals surface area (Å²) in [5.74, 6) is -0.303. The molecule has 2 aromatic heterocycles. The molecule has 2 heterocycles. The van der Waals surface area contributed by atoms with Crippen LogP contribution in [0.3, 0.4) is 0 Å². The fourth-order valence-corrected chi connectivity index (χ4v) is 5.36. The van der Waals surface area contributed by atoms with Crippen molar-refractivity contribution in [2.24, 2.45) is 5.14 Å². The molecular weight excluding hydrogens is 463 g/mol. The molecule has 7 nitrogen and oxygen atoms in total. The lowest BCUT2D eigenvalue weighted by Gasteiger charge is -2.11. The summed E-state index contributed by atoms with van der Waals surface area (Å²) in [5.41, 5.74) is 0.123. The minimum atomic E-state index is -3.96. The van der Waals surface area contributed by atoms with Crippen LogP contribution in [0.4, 0.5) is 5.69 Å². The molecule has 148 valence electrons. The van der Waals surface area contributed by atoms with E-state index in [0.29, 0.717) is 5.03 Å². The lowest BCUT2D eigenvalue weighted by Crippen LogP contribution is -2.16. The second kappa shape index (κ2) is 8.52. The van der Waals surface area contributed by atoms with Gasteiger partial charge in [-0.2, -0.15) is 0 Å². The standard InChI is InChI=1S/C16H14Cl2N4O3S3/c1-2-8-3-10-15(20-7-21-16(10)27-8)26-6-13(23)22-14-11(17)4-9(5-12(14)18)28(19,24)25/h3-5,7H,2,6H2,1H3,(H,22,23)(H2,19,24,25). The van der Waals surface area contributed by atoms with Crippen molar-refractivity contribution in [1.82, 2.24) is 9.97 Å². The smallest absolute Gasteiger partial charge is 0.238 e. The summed E-state index contributed by atoms with van der Waals surface area (Å²) in [6.07, 6.45) is 2.37. The van der Waals surface area contributed by atoms with Crippen molar-refractivity contribution in [2.45, 2.75) is 23.3 Å². The minimum Gasteiger partial charge on any atom is -0.323 e. The van der Waals surface area contributed by atoms with Crippen LogP contribution in [0.25, 0.3) is 10.2 Å². The molecule has 0 saturated carbocycles. The number of nitrogens with zero attached hydrogens (tertiary/aromatic N) is 2. The van der Waals surface area contributed by atoms with Crippen molar-refractivity contribution in [3.8, 4) is 0 Å². The molecule has 0 spiro atoms. The molecule has 0 aliphatic carbocycles. The third-order valence-corrected chi connectivity index (χ3v) is 7.32. The van der Waals surface area contributed by atoms with Crippen LogP contribution >= 0.6 is 46.3 Å². The average molecular weight is 477 g/mol. The van der Waals surface area contributed by atoms with Crippen molar-refractivity contribution >= 4 is 78.1 Å². The Morgan fingerprint density at radius 2 is 1.93 bits per heavy atom. The molecule has 3 aromatic rings. The molecule has 3 N–H and O–H groups in total. The number of primary sulfonamides is 1. The monoisotopic (exact) mass is 476 g/mol. The van der Waals surface area contributed by atoms with Gasteiger partial charge in [-0.15, -0.1) is 11.3 Å². The first-order chi connectivity index (χ1) is 13.2. The summed E-state index contributed by atoms with van der Waals surface area (Å²) in [5, 5.41) is 9.23. The van der Waals surface area contributed by atoms with Gasteiger partial charge in [0.1, 0.15) is 16.2 Å². The first kappa shape index (κ1) is 21.3. The van der Waals surface area contributed by atoms with E-state index in [-0.39, 0.29) is 32.3 Å². The number of rotatable bonds is 6. The summed E-state index contributed by atoms with van der Waals surface area (Å²) in [4.78, 5) is 22.7. The Morgan fingerprint density at radius 3 is 2.54 bits per heavy atom. The average Bonchev–Trinajstić information content (AvgIpc) is 3.06. The number of nitrogens with two attached hydrogens (primary N) is 1. The van der Waals surface area contributed by atoms with Crippen molar-refractivity contribution in [1.29, 1.82) is 0 Å². The molecular formula is C16H14Cl2N4O3S3. The number of hydrogen-bond donors (Lipinski definition) is 2. The van der Waals surface area contributed by atoms with Crippen LogP contribution in [0.2, 0.25) is 10.0 Å². The molecule has 0 aliphatic heterocycles. The molecule has 3 rings (SSSR count). The summed E-state index contributed by atoms with van der Waals surface area (Å²) in [6, 6.07) is 4.30. The zero-order valence-corrected chi connectivity index (χ0v) is 18.4. The van der Waals surface area contributed by atoms with Gasteiger partial charge in [-0.25, -0.2) is 23.5 Å². The minimum absolute atomic E-state index is 0.0234. The van der Waals surface area contributed by atoms with Crippen LogP contribution in [0, 0.1) is 0 Å². The van der Waals surface area contributed by atoms with Gasteiger partial charge in [0.15, 0.2) is 0 Å². The van der Waals surface area contributed by atoms with Gasteiger partial charge in [-0.3, -0.25) is 4.79 Å². The fourth-order valence-electron chi connectivity index (χ4n) is 2.32. The first-order valence-electron chi connectivity index (χ1n) is 7.87. The summed E-state index contributed by atoms with van der Waals surface area (Å²) in [6.45, 7) is 2.06. The fraction of sp³-hybridized carbons (Fsp3) is 0.188. The maximum atomic E-state index is 12.3. The molecule has 0 saturated heterocycles. The van der Waals surface area contributed by atoms with Crippen LogP contribution in [0.1, 0.15) is 11.8 Å². The summed E-state index contributed by atoms with van der Waals surface area (Å²) < 4.78 is 22.8. The molecule has 1 amide bonds. The largest absolute Gasteiger partial charge is 0.323 e. The van der Waals surface area contributed by atoms with E-state index in [1.807, 2.05) is 6.07 Å². The number of benzene rings is 1. The topological polar surface area (TPSA) is 115 Å². The third kappa shape index (κ3) is 4.76. The molecule has 0 aliphatic rings. The van der Waals surface area contributed by atoms with Gasteiger partial charge in [-0.1, -0.05) is 41.9 Å². The molecule has 0 fully saturated rings. The highest BCUT2D eigenvalue weighted by atomic mass is 35.5. The van der Waals surface area contributed by atoms with Gasteiger partial charge < -0.3 is 5.32 Å². The molecule has 0 radical (unpaired) electrons. The second-order valence-electron chi connectivity index (χ2n) is 5.61. The number of carbonyl (C=O) groups is 1. The Labute approximate surface area is 179 Å². The maximum Gasteiger partial charge on any atom is 0.238 e. The van der Waals surface area contributed by atoms with Crippen molar-refractivity contribution < 1.29 is 13.2 Å². The zero-order chi connectivity index (χ0) is 20.5. The Kier molecular flexibility index (Phi) is 6.47. The summed E-state index contributed by atoms with van der Waals surface area (Å²) in [7, 11) is -3.96. The highest BCUT2D eigenvalue weighted by Gasteiger charge is 2.17. The van der Waals surface area contributed by atoms with E-state index in [1.165, 1.54) is 23.0 Å². The van der Waals surface area contributed by atoms with Crippen LogP contribution < -0.4 is 10.5 Å². The normalized spacial score (nSPS) is 11.7. The number of aryl methyl sites for hydroxylation is 1. The Balaban J connectivity index is 1.74. The van der Waals surface area contributed by atoms with Crippen LogP contribution in [-0.4, -0.2) is 30.0 Å². The highest BCUT2D eigenvalue weighted by Crippen LogP contribution is 2.34.